The molecule has 1 aromatic rings. The standard InChI is InChI=1S/C15H21ClN2O/c1-15(2)7-5-11(6-8-15)18-14(19)12-9-10(17)3-4-13(12)16/h3-4,9,11H,5-8,17H2,1-2H3,(H,18,19). The highest BCUT2D eigenvalue weighted by Crippen LogP contribution is 2.35. The third kappa shape index (κ3) is 3.63. The van der Waals surface area contributed by atoms with Gasteiger partial charge in [0.25, 0.3) is 5.91 Å². The number of rotatable bonds is 2. The van der Waals surface area contributed by atoms with Crippen LogP contribution in [0.25, 0.3) is 0 Å². The van der Waals surface area contributed by atoms with E-state index >= 15 is 0 Å². The lowest BCUT2D eigenvalue weighted by Gasteiger charge is -2.34. The second-order valence-corrected chi connectivity index (χ2v) is 6.56. The molecule has 0 atom stereocenters. The Bertz CT molecular complexity index is 475. The van der Waals surface area contributed by atoms with Crippen molar-refractivity contribution in [2.45, 2.75) is 45.6 Å². The highest BCUT2D eigenvalue weighted by molar-refractivity contribution is 6.34. The molecule has 104 valence electrons. The molecule has 0 heterocycles. The summed E-state index contributed by atoms with van der Waals surface area (Å²) in [6, 6.07) is 5.24. The summed E-state index contributed by atoms with van der Waals surface area (Å²) in [4.78, 5) is 12.2. The molecule has 3 N–H and O–H groups in total. The van der Waals surface area contributed by atoms with Crippen LogP contribution in [0.5, 0.6) is 0 Å². The first-order chi connectivity index (χ1) is 8.87. The minimum Gasteiger partial charge on any atom is -0.399 e. The number of hydrogen-bond acceptors (Lipinski definition) is 2. The van der Waals surface area contributed by atoms with Crippen LogP contribution >= 0.6 is 11.6 Å². The highest BCUT2D eigenvalue weighted by Gasteiger charge is 2.28. The number of carbonyl (C=O) groups is 1. The number of nitrogen functional groups attached to an aromatic ring is 1. The maximum atomic E-state index is 12.2. The van der Waals surface area contributed by atoms with Gasteiger partial charge in [0, 0.05) is 11.7 Å². The second-order valence-electron chi connectivity index (χ2n) is 6.15. The number of carbonyl (C=O) groups excluding carboxylic acids is 1. The Morgan fingerprint density at radius 1 is 1.37 bits per heavy atom. The van der Waals surface area contributed by atoms with Crippen molar-refractivity contribution >= 4 is 23.2 Å². The van der Waals surface area contributed by atoms with Gasteiger partial charge in [0.1, 0.15) is 0 Å². The van der Waals surface area contributed by atoms with Crippen molar-refractivity contribution in [3.63, 3.8) is 0 Å². The van der Waals surface area contributed by atoms with Gasteiger partial charge in [0.05, 0.1) is 10.6 Å². The molecule has 1 aliphatic carbocycles. The Balaban J connectivity index is 2.00. The molecule has 0 bridgehead atoms. The first kappa shape index (κ1) is 14.2. The average molecular weight is 281 g/mol. The zero-order chi connectivity index (χ0) is 14.0. The normalized spacial score (nSPS) is 19.1. The van der Waals surface area contributed by atoms with Gasteiger partial charge in [-0.1, -0.05) is 25.4 Å². The van der Waals surface area contributed by atoms with E-state index in [0.29, 0.717) is 21.7 Å². The quantitative estimate of drug-likeness (QED) is 0.813. The van der Waals surface area contributed by atoms with Crippen LogP contribution in [0.15, 0.2) is 18.2 Å². The van der Waals surface area contributed by atoms with E-state index in [9.17, 15) is 4.79 Å². The van der Waals surface area contributed by atoms with Crippen LogP contribution in [0.3, 0.4) is 0 Å². The van der Waals surface area contributed by atoms with Gasteiger partial charge in [-0.2, -0.15) is 0 Å². The Kier molecular flexibility index (Phi) is 4.04. The summed E-state index contributed by atoms with van der Waals surface area (Å²) in [5, 5.41) is 3.51. The molecule has 1 amide bonds. The zero-order valence-electron chi connectivity index (χ0n) is 11.5. The van der Waals surface area contributed by atoms with Crippen LogP contribution < -0.4 is 11.1 Å². The molecular formula is C15H21ClN2O. The smallest absolute Gasteiger partial charge is 0.253 e. The largest absolute Gasteiger partial charge is 0.399 e. The summed E-state index contributed by atoms with van der Waals surface area (Å²) in [7, 11) is 0. The van der Waals surface area contributed by atoms with Crippen LogP contribution in [0.2, 0.25) is 5.02 Å². The van der Waals surface area contributed by atoms with Gasteiger partial charge in [-0.05, 0) is 49.3 Å². The summed E-state index contributed by atoms with van der Waals surface area (Å²) >= 11 is 6.04. The molecule has 0 spiro atoms. The van der Waals surface area contributed by atoms with Crippen LogP contribution in [-0.4, -0.2) is 11.9 Å². The molecule has 4 heteroatoms. The van der Waals surface area contributed by atoms with Gasteiger partial charge >= 0.3 is 0 Å². The molecule has 0 saturated heterocycles. The van der Waals surface area contributed by atoms with Crippen molar-refractivity contribution in [1.29, 1.82) is 0 Å². The molecule has 1 fully saturated rings. The van der Waals surface area contributed by atoms with E-state index in [1.165, 1.54) is 0 Å². The van der Waals surface area contributed by atoms with Gasteiger partial charge < -0.3 is 11.1 Å². The molecule has 2 rings (SSSR count). The first-order valence-corrected chi connectivity index (χ1v) is 7.11. The summed E-state index contributed by atoms with van der Waals surface area (Å²) in [6.07, 6.45) is 4.34. The fraction of sp³-hybridized carbons (Fsp3) is 0.533. The van der Waals surface area contributed by atoms with E-state index in [1.807, 2.05) is 0 Å². The average Bonchev–Trinajstić information content (AvgIpc) is 2.35. The maximum absolute atomic E-state index is 12.2. The third-order valence-electron chi connectivity index (χ3n) is 3.91. The predicted octanol–water partition coefficient (Wildman–Crippen LogP) is 3.62. The predicted molar refractivity (Wildman–Crippen MR) is 79.4 cm³/mol. The number of hydrogen-bond donors (Lipinski definition) is 2. The number of amides is 1. The summed E-state index contributed by atoms with van der Waals surface area (Å²) < 4.78 is 0. The number of nitrogens with two attached hydrogens (primary N) is 1. The topological polar surface area (TPSA) is 55.1 Å². The fourth-order valence-electron chi connectivity index (χ4n) is 2.52. The van der Waals surface area contributed by atoms with E-state index < -0.39 is 0 Å². The van der Waals surface area contributed by atoms with Crippen LogP contribution in [0, 0.1) is 5.41 Å². The molecule has 19 heavy (non-hydrogen) atoms. The molecule has 3 nitrogen and oxygen atoms in total. The van der Waals surface area contributed by atoms with E-state index in [-0.39, 0.29) is 11.9 Å². The second kappa shape index (κ2) is 5.41. The van der Waals surface area contributed by atoms with Crippen molar-refractivity contribution in [1.82, 2.24) is 5.32 Å². The SMILES string of the molecule is CC1(C)CCC(NC(=O)c2cc(N)ccc2Cl)CC1. The van der Waals surface area contributed by atoms with Crippen molar-refractivity contribution in [3.05, 3.63) is 28.8 Å². The van der Waals surface area contributed by atoms with Gasteiger partial charge in [-0.25, -0.2) is 0 Å². The lowest BCUT2D eigenvalue weighted by Crippen LogP contribution is -2.39. The Morgan fingerprint density at radius 2 is 2.00 bits per heavy atom. The minimum absolute atomic E-state index is 0.123. The zero-order valence-corrected chi connectivity index (χ0v) is 12.3. The summed E-state index contributed by atoms with van der Waals surface area (Å²) in [5.41, 5.74) is 7.11. The number of nitrogens with one attached hydrogen (secondary N) is 1. The third-order valence-corrected chi connectivity index (χ3v) is 4.24. The highest BCUT2D eigenvalue weighted by atomic mass is 35.5. The van der Waals surface area contributed by atoms with Crippen LogP contribution in [0.1, 0.15) is 49.9 Å². The Labute approximate surface area is 119 Å². The maximum Gasteiger partial charge on any atom is 0.253 e. The van der Waals surface area contributed by atoms with Crippen LogP contribution in [-0.2, 0) is 0 Å². The molecule has 1 aliphatic rings. The van der Waals surface area contributed by atoms with Gasteiger partial charge in [0.15, 0.2) is 0 Å². The number of halogens is 1. The monoisotopic (exact) mass is 280 g/mol. The molecule has 0 unspecified atom stereocenters. The molecule has 1 aromatic carbocycles. The fourth-order valence-corrected chi connectivity index (χ4v) is 2.73. The van der Waals surface area contributed by atoms with Gasteiger partial charge in [-0.3, -0.25) is 4.79 Å². The molecule has 0 radical (unpaired) electrons. The van der Waals surface area contributed by atoms with Gasteiger partial charge in [0.2, 0.25) is 0 Å². The van der Waals surface area contributed by atoms with Crippen molar-refractivity contribution in [3.8, 4) is 0 Å². The van der Waals surface area contributed by atoms with Crippen molar-refractivity contribution in [2.24, 2.45) is 5.41 Å². The summed E-state index contributed by atoms with van der Waals surface area (Å²) in [5.74, 6) is -0.123. The molecule has 1 saturated carbocycles. The van der Waals surface area contributed by atoms with E-state index in [4.69, 9.17) is 17.3 Å². The first-order valence-electron chi connectivity index (χ1n) is 6.73. The molecule has 0 aromatic heterocycles. The molecular weight excluding hydrogens is 260 g/mol. The lowest BCUT2D eigenvalue weighted by atomic mass is 9.75. The van der Waals surface area contributed by atoms with Crippen molar-refractivity contribution < 1.29 is 4.79 Å². The van der Waals surface area contributed by atoms with Crippen LogP contribution in [0.4, 0.5) is 5.69 Å². The lowest BCUT2D eigenvalue weighted by molar-refractivity contribution is 0.0909. The number of anilines is 1. The summed E-state index contributed by atoms with van der Waals surface area (Å²) in [6.45, 7) is 4.56. The Morgan fingerprint density at radius 3 is 2.63 bits per heavy atom. The minimum atomic E-state index is -0.123. The number of benzene rings is 1. The molecule has 0 aliphatic heterocycles. The van der Waals surface area contributed by atoms with E-state index in [2.05, 4.69) is 19.2 Å². The van der Waals surface area contributed by atoms with Crippen molar-refractivity contribution in [2.75, 3.05) is 5.73 Å². The Hall–Kier alpha value is -1.22. The van der Waals surface area contributed by atoms with Gasteiger partial charge in [-0.15, -0.1) is 0 Å². The van der Waals surface area contributed by atoms with E-state index in [1.54, 1.807) is 18.2 Å². The van der Waals surface area contributed by atoms with E-state index in [0.717, 1.165) is 25.7 Å².